The SMILES string of the molecule is Cc1nsc(C2=C(C(=O)O)N3C(=O)C(N)(C=S)[C@@H]3SC2)n1. The lowest BCUT2D eigenvalue weighted by molar-refractivity contribution is -0.150. The van der Waals surface area contributed by atoms with Crippen molar-refractivity contribution < 1.29 is 14.7 Å². The zero-order valence-electron chi connectivity index (χ0n) is 10.8. The maximum atomic E-state index is 12.2. The summed E-state index contributed by atoms with van der Waals surface area (Å²) in [5, 5.41) is 10.7. The Balaban J connectivity index is 2.10. The third kappa shape index (κ3) is 1.94. The number of aliphatic carboxylic acids is 1. The molecule has 2 aliphatic rings. The van der Waals surface area contributed by atoms with Crippen molar-refractivity contribution in [3.63, 3.8) is 0 Å². The Kier molecular flexibility index (Phi) is 3.35. The van der Waals surface area contributed by atoms with E-state index >= 15 is 0 Å². The van der Waals surface area contributed by atoms with Gasteiger partial charge >= 0.3 is 5.97 Å². The van der Waals surface area contributed by atoms with E-state index in [1.807, 2.05) is 0 Å². The van der Waals surface area contributed by atoms with Crippen molar-refractivity contribution in [3.05, 3.63) is 16.5 Å². The summed E-state index contributed by atoms with van der Waals surface area (Å²) < 4.78 is 4.05. The van der Waals surface area contributed by atoms with Crippen LogP contribution in [0.1, 0.15) is 10.8 Å². The maximum absolute atomic E-state index is 12.2. The van der Waals surface area contributed by atoms with Crippen molar-refractivity contribution in [2.24, 2.45) is 5.73 Å². The smallest absolute Gasteiger partial charge is 0.353 e. The standard InChI is InChI=1S/C11H10N4O3S3/c1-4-13-7(21-14-4)5-2-20-10-11(12,3-19)9(18)15(10)6(5)8(16)17/h3,10H,2,12H2,1H3,(H,16,17)/t10-,11?/m0/s1. The molecule has 110 valence electrons. The molecule has 3 heterocycles. The number of hydrogen-bond donors (Lipinski definition) is 2. The van der Waals surface area contributed by atoms with E-state index < -0.39 is 22.8 Å². The quantitative estimate of drug-likeness (QED) is 0.594. The van der Waals surface area contributed by atoms with E-state index in [9.17, 15) is 14.7 Å². The summed E-state index contributed by atoms with van der Waals surface area (Å²) >= 11 is 7.32. The fourth-order valence-electron chi connectivity index (χ4n) is 2.30. The van der Waals surface area contributed by atoms with Gasteiger partial charge in [-0.3, -0.25) is 9.69 Å². The molecule has 0 saturated carbocycles. The highest BCUT2D eigenvalue weighted by atomic mass is 32.2. The number of fused-ring (bicyclic) bond motifs is 1. The van der Waals surface area contributed by atoms with E-state index in [0.717, 1.165) is 11.5 Å². The van der Waals surface area contributed by atoms with Crippen molar-refractivity contribution in [2.45, 2.75) is 17.8 Å². The molecule has 21 heavy (non-hydrogen) atoms. The minimum atomic E-state index is -1.27. The molecule has 7 nitrogen and oxygen atoms in total. The molecule has 1 aromatic rings. The number of nitrogens with zero attached hydrogens (tertiary/aromatic N) is 3. The normalized spacial score (nSPS) is 28.2. The van der Waals surface area contributed by atoms with Gasteiger partial charge in [0.05, 0.1) is 0 Å². The van der Waals surface area contributed by atoms with Gasteiger partial charge in [0, 0.05) is 16.7 Å². The Morgan fingerprint density at radius 3 is 2.90 bits per heavy atom. The summed E-state index contributed by atoms with van der Waals surface area (Å²) in [4.78, 5) is 29.2. The van der Waals surface area contributed by atoms with Gasteiger partial charge in [-0.05, 0) is 18.5 Å². The second-order valence-corrected chi connectivity index (χ2v) is 6.72. The fourth-order valence-corrected chi connectivity index (χ4v) is 4.81. The predicted molar refractivity (Wildman–Crippen MR) is 82.9 cm³/mol. The van der Waals surface area contributed by atoms with Crippen LogP contribution in [-0.2, 0) is 9.59 Å². The summed E-state index contributed by atoms with van der Waals surface area (Å²) in [7, 11) is 0. The van der Waals surface area contributed by atoms with Crippen LogP contribution in [0.4, 0.5) is 0 Å². The van der Waals surface area contributed by atoms with E-state index in [4.69, 9.17) is 18.0 Å². The summed E-state index contributed by atoms with van der Waals surface area (Å²) in [6.45, 7) is 1.73. The molecule has 0 aliphatic carbocycles. The van der Waals surface area contributed by atoms with E-state index in [1.165, 1.54) is 22.0 Å². The van der Waals surface area contributed by atoms with Crippen LogP contribution < -0.4 is 5.73 Å². The number of carbonyl (C=O) groups excluding carboxylic acids is 1. The molecule has 1 fully saturated rings. The van der Waals surface area contributed by atoms with Gasteiger partial charge in [0.25, 0.3) is 5.91 Å². The number of carbonyl (C=O) groups is 2. The van der Waals surface area contributed by atoms with Crippen LogP contribution >= 0.6 is 35.5 Å². The fraction of sp³-hybridized carbons (Fsp3) is 0.364. The van der Waals surface area contributed by atoms with Crippen LogP contribution in [0.2, 0.25) is 0 Å². The Bertz CT molecular complexity index is 701. The second-order valence-electron chi connectivity index (χ2n) is 4.67. The molecular formula is C11H10N4O3S3. The lowest BCUT2D eigenvalue weighted by Gasteiger charge is -2.53. The molecule has 1 amide bonds. The number of thioether (sulfide) groups is 1. The number of carboxylic acid groups (broad SMARTS) is 1. The second kappa shape index (κ2) is 4.83. The predicted octanol–water partition coefficient (Wildman–Crippen LogP) is 0.255. The number of thiocarbonyl (C=S) groups is 1. The zero-order chi connectivity index (χ0) is 15.4. The number of aryl methyl sites for hydroxylation is 1. The third-order valence-corrected chi connectivity index (χ3v) is 5.96. The number of amides is 1. The molecule has 0 radical (unpaired) electrons. The first kappa shape index (κ1) is 14.6. The highest BCUT2D eigenvalue weighted by molar-refractivity contribution is 8.00. The van der Waals surface area contributed by atoms with Crippen molar-refractivity contribution in [2.75, 3.05) is 5.75 Å². The van der Waals surface area contributed by atoms with E-state index in [1.54, 1.807) is 6.92 Å². The monoisotopic (exact) mass is 342 g/mol. The first-order valence-electron chi connectivity index (χ1n) is 5.87. The molecule has 2 aliphatic heterocycles. The molecule has 0 aromatic carbocycles. The number of hydrogen-bond acceptors (Lipinski definition) is 8. The largest absolute Gasteiger partial charge is 0.477 e. The van der Waals surface area contributed by atoms with Gasteiger partial charge in [-0.15, -0.1) is 11.8 Å². The molecule has 3 N–H and O–H groups in total. The third-order valence-electron chi connectivity index (χ3n) is 3.33. The molecular weight excluding hydrogens is 332 g/mol. The maximum Gasteiger partial charge on any atom is 0.353 e. The van der Waals surface area contributed by atoms with Gasteiger partial charge in [0.1, 0.15) is 21.9 Å². The van der Waals surface area contributed by atoms with Gasteiger partial charge in [-0.25, -0.2) is 9.78 Å². The molecule has 2 atom stereocenters. The van der Waals surface area contributed by atoms with Crippen LogP contribution in [-0.4, -0.2) is 53.3 Å². The van der Waals surface area contributed by atoms with Crippen LogP contribution in [0.15, 0.2) is 5.70 Å². The average molecular weight is 342 g/mol. The average Bonchev–Trinajstić information content (AvgIpc) is 2.90. The van der Waals surface area contributed by atoms with Crippen LogP contribution in [0.3, 0.4) is 0 Å². The number of aromatic nitrogens is 2. The van der Waals surface area contributed by atoms with E-state index in [2.05, 4.69) is 9.36 Å². The number of carboxylic acids is 1. The molecule has 3 rings (SSSR count). The Labute approximate surface area is 133 Å². The zero-order valence-corrected chi connectivity index (χ0v) is 13.2. The summed E-state index contributed by atoms with van der Waals surface area (Å²) in [6.07, 6.45) is 0. The van der Waals surface area contributed by atoms with Crippen molar-refractivity contribution in [3.8, 4) is 0 Å². The lowest BCUT2D eigenvalue weighted by atomic mass is 9.89. The van der Waals surface area contributed by atoms with Crippen LogP contribution in [0.5, 0.6) is 0 Å². The summed E-state index contributed by atoms with van der Waals surface area (Å²) in [6, 6.07) is 0. The molecule has 1 saturated heterocycles. The highest BCUT2D eigenvalue weighted by Gasteiger charge is 2.61. The molecule has 0 bridgehead atoms. The summed E-state index contributed by atoms with van der Waals surface area (Å²) in [5.74, 6) is -0.706. The minimum Gasteiger partial charge on any atom is -0.477 e. The van der Waals surface area contributed by atoms with Crippen molar-refractivity contribution in [1.82, 2.24) is 14.3 Å². The van der Waals surface area contributed by atoms with Crippen molar-refractivity contribution in [1.29, 1.82) is 0 Å². The lowest BCUT2D eigenvalue weighted by Crippen LogP contribution is -2.78. The first-order valence-corrected chi connectivity index (χ1v) is 8.17. The number of nitrogens with two attached hydrogens (primary N) is 1. The highest BCUT2D eigenvalue weighted by Crippen LogP contribution is 2.46. The van der Waals surface area contributed by atoms with Gasteiger partial charge in [-0.1, -0.05) is 12.2 Å². The molecule has 1 aromatic heterocycles. The molecule has 0 spiro atoms. The molecule has 10 heteroatoms. The van der Waals surface area contributed by atoms with E-state index in [0.29, 0.717) is 22.2 Å². The minimum absolute atomic E-state index is 0.0715. The van der Waals surface area contributed by atoms with E-state index in [-0.39, 0.29) is 5.70 Å². The van der Waals surface area contributed by atoms with Gasteiger partial charge in [-0.2, -0.15) is 4.37 Å². The van der Waals surface area contributed by atoms with Crippen LogP contribution in [0, 0.1) is 6.92 Å². The van der Waals surface area contributed by atoms with Gasteiger partial charge in [0.2, 0.25) is 0 Å². The summed E-state index contributed by atoms with van der Waals surface area (Å²) in [5.41, 5.74) is 5.09. The number of rotatable bonds is 3. The Morgan fingerprint density at radius 2 is 2.38 bits per heavy atom. The topological polar surface area (TPSA) is 109 Å². The van der Waals surface area contributed by atoms with Crippen molar-refractivity contribution >= 4 is 58.3 Å². The molecule has 1 unspecified atom stereocenters. The number of β-lactam (4-membered cyclic amide) rings is 1. The Hall–Kier alpha value is -1.36. The first-order chi connectivity index (χ1) is 9.90. The Morgan fingerprint density at radius 1 is 1.67 bits per heavy atom. The van der Waals surface area contributed by atoms with Gasteiger partial charge in [0.15, 0.2) is 5.54 Å². The van der Waals surface area contributed by atoms with Crippen LogP contribution in [0.25, 0.3) is 5.57 Å². The van der Waals surface area contributed by atoms with Gasteiger partial charge < -0.3 is 10.8 Å².